The second-order valence-corrected chi connectivity index (χ2v) is 6.77. The van der Waals surface area contributed by atoms with Gasteiger partial charge in [-0.3, -0.25) is 5.32 Å². The molecule has 0 aliphatic heterocycles. The Morgan fingerprint density at radius 3 is 2.43 bits per heavy atom. The number of amidine groups is 1. The summed E-state index contributed by atoms with van der Waals surface area (Å²) in [6.07, 6.45) is 3.74. The predicted molar refractivity (Wildman–Crippen MR) is 114 cm³/mol. The molecule has 0 bridgehead atoms. The number of rotatable bonds is 3. The summed E-state index contributed by atoms with van der Waals surface area (Å²) in [4.78, 5) is 9.01. The third-order valence-electron chi connectivity index (χ3n) is 4.20. The van der Waals surface area contributed by atoms with Gasteiger partial charge in [0.2, 0.25) is 5.89 Å². The smallest absolute Gasteiger partial charge is 0.227 e. The highest BCUT2D eigenvalue weighted by Crippen LogP contribution is 2.29. The molecule has 0 aliphatic carbocycles. The van der Waals surface area contributed by atoms with Gasteiger partial charge in [-0.05, 0) is 47.7 Å². The van der Waals surface area contributed by atoms with Crippen molar-refractivity contribution in [1.82, 2.24) is 10.3 Å². The van der Waals surface area contributed by atoms with E-state index in [2.05, 4.69) is 39.6 Å². The molecule has 3 aromatic carbocycles. The van der Waals surface area contributed by atoms with E-state index in [1.54, 1.807) is 0 Å². The fourth-order valence-corrected chi connectivity index (χ4v) is 3.18. The van der Waals surface area contributed by atoms with Gasteiger partial charge >= 0.3 is 0 Å². The number of aromatic nitrogens is 1. The molecule has 0 unspecified atom stereocenters. The highest BCUT2D eigenvalue weighted by molar-refractivity contribution is 8.13. The lowest BCUT2D eigenvalue weighted by Gasteiger charge is -2.02. The molecule has 4 rings (SSSR count). The van der Waals surface area contributed by atoms with Gasteiger partial charge in [-0.15, -0.1) is 0 Å². The standard InChI is InChI=1S/C22H16N4OS/c1-28-22(24-14-23)25-18-11-12-20-19(13-18)26-21(27-20)17-9-7-16(8-10-17)15-5-3-2-4-6-15/h2-13H,1H3,(H,24,25). The first kappa shape index (κ1) is 17.8. The van der Waals surface area contributed by atoms with E-state index in [0.717, 1.165) is 16.6 Å². The Balaban J connectivity index is 1.64. The number of oxazole rings is 1. The Labute approximate surface area is 166 Å². The van der Waals surface area contributed by atoms with Crippen LogP contribution in [0, 0.1) is 11.5 Å². The van der Waals surface area contributed by atoms with Crippen molar-refractivity contribution in [3.05, 3.63) is 72.8 Å². The summed E-state index contributed by atoms with van der Waals surface area (Å²) in [5.41, 5.74) is 5.35. The number of thioether (sulfide) groups is 1. The van der Waals surface area contributed by atoms with E-state index in [1.807, 2.05) is 61.0 Å². The van der Waals surface area contributed by atoms with Crippen LogP contribution in [0.4, 0.5) is 5.69 Å². The van der Waals surface area contributed by atoms with E-state index >= 15 is 0 Å². The zero-order valence-corrected chi connectivity index (χ0v) is 15.9. The van der Waals surface area contributed by atoms with Crippen molar-refractivity contribution in [3.63, 3.8) is 0 Å². The van der Waals surface area contributed by atoms with Crippen molar-refractivity contribution >= 4 is 33.7 Å². The van der Waals surface area contributed by atoms with Gasteiger partial charge in [-0.25, -0.2) is 9.98 Å². The monoisotopic (exact) mass is 384 g/mol. The summed E-state index contributed by atoms with van der Waals surface area (Å²) in [7, 11) is 0. The zero-order chi connectivity index (χ0) is 19.3. The van der Waals surface area contributed by atoms with Crippen molar-refractivity contribution in [2.75, 3.05) is 6.26 Å². The number of aliphatic imine (C=N–C) groups is 1. The minimum Gasteiger partial charge on any atom is -0.436 e. The van der Waals surface area contributed by atoms with Crippen molar-refractivity contribution < 1.29 is 4.42 Å². The second kappa shape index (κ2) is 7.99. The molecular weight excluding hydrogens is 368 g/mol. The molecule has 1 aromatic heterocycles. The SMILES string of the molecule is CSC(=Nc1ccc2oc(-c3ccc(-c4ccccc4)cc3)nc2c1)NC#N. The van der Waals surface area contributed by atoms with Crippen LogP contribution in [0.5, 0.6) is 0 Å². The molecule has 0 saturated heterocycles. The van der Waals surface area contributed by atoms with Crippen LogP contribution in [-0.2, 0) is 0 Å². The van der Waals surface area contributed by atoms with Crippen LogP contribution in [0.2, 0.25) is 0 Å². The largest absolute Gasteiger partial charge is 0.436 e. The van der Waals surface area contributed by atoms with Crippen molar-refractivity contribution in [3.8, 4) is 28.8 Å². The van der Waals surface area contributed by atoms with Crippen molar-refractivity contribution in [2.45, 2.75) is 0 Å². The highest BCUT2D eigenvalue weighted by Gasteiger charge is 2.09. The Morgan fingerprint density at radius 1 is 1.00 bits per heavy atom. The molecule has 4 aromatic rings. The Morgan fingerprint density at radius 2 is 1.71 bits per heavy atom. The van der Waals surface area contributed by atoms with Gasteiger partial charge < -0.3 is 4.42 Å². The topological polar surface area (TPSA) is 74.2 Å². The third kappa shape index (κ3) is 3.75. The van der Waals surface area contributed by atoms with Gasteiger partial charge in [0.05, 0.1) is 5.69 Å². The molecule has 1 N–H and O–H groups in total. The highest BCUT2D eigenvalue weighted by atomic mass is 32.2. The molecule has 5 nitrogen and oxygen atoms in total. The third-order valence-corrected chi connectivity index (χ3v) is 4.78. The average Bonchev–Trinajstić information content (AvgIpc) is 3.17. The second-order valence-electron chi connectivity index (χ2n) is 5.97. The van der Waals surface area contributed by atoms with E-state index in [0.29, 0.717) is 22.3 Å². The van der Waals surface area contributed by atoms with Gasteiger partial charge in [0.1, 0.15) is 5.52 Å². The number of nitrogens with one attached hydrogen (secondary N) is 1. The van der Waals surface area contributed by atoms with Gasteiger partial charge in [0, 0.05) is 5.56 Å². The van der Waals surface area contributed by atoms with E-state index in [9.17, 15) is 0 Å². The molecule has 0 amide bonds. The van der Waals surface area contributed by atoms with Crippen LogP contribution in [0.15, 0.2) is 82.2 Å². The summed E-state index contributed by atoms with van der Waals surface area (Å²) in [5.74, 6) is 0.566. The van der Waals surface area contributed by atoms with E-state index < -0.39 is 0 Å². The molecule has 0 radical (unpaired) electrons. The maximum atomic E-state index is 8.76. The van der Waals surface area contributed by atoms with E-state index in [-0.39, 0.29) is 0 Å². The Kier molecular flexibility index (Phi) is 5.09. The Hall–Kier alpha value is -3.56. The zero-order valence-electron chi connectivity index (χ0n) is 15.1. The average molecular weight is 384 g/mol. The van der Waals surface area contributed by atoms with Crippen LogP contribution < -0.4 is 5.32 Å². The van der Waals surface area contributed by atoms with Crippen LogP contribution in [-0.4, -0.2) is 16.4 Å². The Bertz CT molecular complexity index is 1170. The first-order valence-electron chi connectivity index (χ1n) is 8.61. The molecule has 0 aliphatic rings. The van der Waals surface area contributed by atoms with Gasteiger partial charge in [0.15, 0.2) is 16.9 Å². The summed E-state index contributed by atoms with van der Waals surface area (Å²) < 4.78 is 5.90. The normalized spacial score (nSPS) is 11.4. The number of benzene rings is 3. The molecule has 6 heteroatoms. The van der Waals surface area contributed by atoms with Crippen LogP contribution in [0.3, 0.4) is 0 Å². The van der Waals surface area contributed by atoms with E-state index in [4.69, 9.17) is 9.68 Å². The quantitative estimate of drug-likeness (QED) is 0.216. The first-order valence-corrected chi connectivity index (χ1v) is 9.83. The summed E-state index contributed by atoms with van der Waals surface area (Å²) >= 11 is 1.37. The number of nitriles is 1. The van der Waals surface area contributed by atoms with Crippen LogP contribution in [0.25, 0.3) is 33.7 Å². The molecule has 0 saturated carbocycles. The minimum atomic E-state index is 0.530. The number of fused-ring (bicyclic) bond motifs is 1. The fraction of sp³-hybridized carbons (Fsp3) is 0.0455. The first-order chi connectivity index (χ1) is 13.8. The maximum Gasteiger partial charge on any atom is 0.227 e. The van der Waals surface area contributed by atoms with Gasteiger partial charge in [-0.2, -0.15) is 5.26 Å². The summed E-state index contributed by atoms with van der Waals surface area (Å²) in [6.45, 7) is 0. The van der Waals surface area contributed by atoms with Crippen LogP contribution >= 0.6 is 11.8 Å². The molecule has 136 valence electrons. The summed E-state index contributed by atoms with van der Waals surface area (Å²) in [6, 6.07) is 23.9. The lowest BCUT2D eigenvalue weighted by atomic mass is 10.0. The fourth-order valence-electron chi connectivity index (χ4n) is 2.83. The minimum absolute atomic E-state index is 0.530. The van der Waals surface area contributed by atoms with Crippen molar-refractivity contribution in [2.24, 2.45) is 4.99 Å². The van der Waals surface area contributed by atoms with Crippen molar-refractivity contribution in [1.29, 1.82) is 5.26 Å². The molecule has 1 heterocycles. The van der Waals surface area contributed by atoms with Gasteiger partial charge in [0.25, 0.3) is 0 Å². The molecule has 28 heavy (non-hydrogen) atoms. The molecule has 0 atom stereocenters. The lowest BCUT2D eigenvalue weighted by molar-refractivity contribution is 0.620. The molecule has 0 fully saturated rings. The van der Waals surface area contributed by atoms with Gasteiger partial charge in [-0.1, -0.05) is 54.2 Å². The number of nitrogens with zero attached hydrogens (tertiary/aromatic N) is 3. The molecule has 0 spiro atoms. The number of hydrogen-bond acceptors (Lipinski definition) is 5. The number of hydrogen-bond donors (Lipinski definition) is 1. The van der Waals surface area contributed by atoms with Crippen LogP contribution in [0.1, 0.15) is 0 Å². The lowest BCUT2D eigenvalue weighted by Crippen LogP contribution is -2.12. The maximum absolute atomic E-state index is 8.76. The predicted octanol–water partition coefficient (Wildman–Crippen LogP) is 5.58. The molecular formula is C22H16N4OS. The summed E-state index contributed by atoms with van der Waals surface area (Å²) in [5, 5.41) is 11.8. The van der Waals surface area contributed by atoms with E-state index in [1.165, 1.54) is 17.3 Å².